The summed E-state index contributed by atoms with van der Waals surface area (Å²) in [5.41, 5.74) is 0.948. The summed E-state index contributed by atoms with van der Waals surface area (Å²) in [5.74, 6) is 0.310. The highest BCUT2D eigenvalue weighted by atomic mass is 16.5. The fraction of sp³-hybridized carbons (Fsp3) is 0.667. The summed E-state index contributed by atoms with van der Waals surface area (Å²) in [4.78, 5) is 18.9. The van der Waals surface area contributed by atoms with Crippen molar-refractivity contribution in [3.8, 4) is 0 Å². The first-order valence-corrected chi connectivity index (χ1v) is 8.71. The van der Waals surface area contributed by atoms with Crippen molar-refractivity contribution in [1.82, 2.24) is 9.88 Å². The van der Waals surface area contributed by atoms with Crippen molar-refractivity contribution in [2.45, 2.75) is 50.7 Å². The van der Waals surface area contributed by atoms with E-state index in [-0.39, 0.29) is 24.0 Å². The van der Waals surface area contributed by atoms with Crippen molar-refractivity contribution >= 4 is 5.91 Å². The number of pyridine rings is 1. The highest BCUT2D eigenvalue weighted by molar-refractivity contribution is 5.77. The third-order valence-electron chi connectivity index (χ3n) is 5.08. The molecule has 1 aromatic heterocycles. The Morgan fingerprint density at radius 3 is 3.00 bits per heavy atom. The lowest BCUT2D eigenvalue weighted by Gasteiger charge is -2.43. The summed E-state index contributed by atoms with van der Waals surface area (Å²) in [6.45, 7) is 1.78. The Morgan fingerprint density at radius 1 is 1.35 bits per heavy atom. The average molecular weight is 318 g/mol. The molecule has 0 bridgehead atoms. The minimum absolute atomic E-state index is 0.0234. The molecule has 2 heterocycles. The van der Waals surface area contributed by atoms with Gasteiger partial charge >= 0.3 is 0 Å². The van der Waals surface area contributed by atoms with Gasteiger partial charge < -0.3 is 14.7 Å². The monoisotopic (exact) mass is 318 g/mol. The molecule has 23 heavy (non-hydrogen) atoms. The smallest absolute Gasteiger partial charge is 0.223 e. The van der Waals surface area contributed by atoms with Gasteiger partial charge in [-0.1, -0.05) is 18.9 Å². The molecule has 1 aliphatic heterocycles. The number of rotatable bonds is 4. The van der Waals surface area contributed by atoms with Gasteiger partial charge in [0, 0.05) is 30.8 Å². The van der Waals surface area contributed by atoms with Crippen LogP contribution in [-0.2, 0) is 16.0 Å². The second kappa shape index (κ2) is 7.88. The molecule has 3 rings (SSSR count). The van der Waals surface area contributed by atoms with Gasteiger partial charge in [-0.05, 0) is 31.4 Å². The predicted molar refractivity (Wildman–Crippen MR) is 86.8 cm³/mol. The average Bonchev–Trinajstić information content (AvgIpc) is 2.61. The molecule has 2 aliphatic rings. The maximum absolute atomic E-state index is 12.7. The standard InChI is InChI=1S/C18H26N2O3/c21-17-7-2-1-6-15(17)16-13-23-12-11-20(16)18(22)9-8-14-5-3-4-10-19-14/h3-5,10,15-17,21H,1-2,6-9,11-13H2/t15-,16+,17+/m0/s1. The molecule has 5 nitrogen and oxygen atoms in total. The van der Waals surface area contributed by atoms with Crippen molar-refractivity contribution in [3.63, 3.8) is 0 Å². The van der Waals surface area contributed by atoms with E-state index in [2.05, 4.69) is 4.98 Å². The number of amides is 1. The lowest BCUT2D eigenvalue weighted by molar-refractivity contribution is -0.145. The molecule has 126 valence electrons. The normalized spacial score (nSPS) is 28.6. The Kier molecular flexibility index (Phi) is 5.62. The molecular formula is C18H26N2O3. The van der Waals surface area contributed by atoms with Gasteiger partial charge in [-0.2, -0.15) is 0 Å². The van der Waals surface area contributed by atoms with Gasteiger partial charge in [0.1, 0.15) is 0 Å². The highest BCUT2D eigenvalue weighted by Crippen LogP contribution is 2.31. The van der Waals surface area contributed by atoms with Crippen LogP contribution in [0.4, 0.5) is 0 Å². The van der Waals surface area contributed by atoms with E-state index in [4.69, 9.17) is 4.74 Å². The summed E-state index contributed by atoms with van der Waals surface area (Å²) in [6, 6.07) is 5.81. The number of aliphatic hydroxyl groups excluding tert-OH is 1. The van der Waals surface area contributed by atoms with Crippen molar-refractivity contribution < 1.29 is 14.6 Å². The number of nitrogens with zero attached hydrogens (tertiary/aromatic N) is 2. The van der Waals surface area contributed by atoms with E-state index in [1.807, 2.05) is 23.1 Å². The lowest BCUT2D eigenvalue weighted by atomic mass is 9.80. The molecule has 0 unspecified atom stereocenters. The number of aliphatic hydroxyl groups is 1. The van der Waals surface area contributed by atoms with Crippen molar-refractivity contribution in [3.05, 3.63) is 30.1 Å². The third-order valence-corrected chi connectivity index (χ3v) is 5.08. The van der Waals surface area contributed by atoms with Crippen molar-refractivity contribution in [1.29, 1.82) is 0 Å². The van der Waals surface area contributed by atoms with Gasteiger partial charge in [-0.3, -0.25) is 9.78 Å². The number of carbonyl (C=O) groups excluding carboxylic acids is 1. The van der Waals surface area contributed by atoms with E-state index in [9.17, 15) is 9.90 Å². The van der Waals surface area contributed by atoms with E-state index < -0.39 is 0 Å². The topological polar surface area (TPSA) is 62.7 Å². The first-order valence-electron chi connectivity index (χ1n) is 8.71. The molecule has 1 saturated heterocycles. The van der Waals surface area contributed by atoms with Crippen LogP contribution in [0, 0.1) is 5.92 Å². The number of hydrogen-bond donors (Lipinski definition) is 1. The molecule has 3 atom stereocenters. The number of ether oxygens (including phenoxy) is 1. The van der Waals surface area contributed by atoms with Crippen LogP contribution < -0.4 is 0 Å². The third kappa shape index (κ3) is 4.09. The zero-order valence-electron chi connectivity index (χ0n) is 13.6. The number of hydrogen-bond acceptors (Lipinski definition) is 4. The number of aryl methyl sites for hydroxylation is 1. The first kappa shape index (κ1) is 16.4. The predicted octanol–water partition coefficient (Wildman–Crippen LogP) is 1.79. The number of aromatic nitrogens is 1. The number of morpholine rings is 1. The fourth-order valence-electron chi connectivity index (χ4n) is 3.80. The minimum Gasteiger partial charge on any atom is -0.393 e. The van der Waals surface area contributed by atoms with E-state index in [1.54, 1.807) is 6.20 Å². The van der Waals surface area contributed by atoms with Gasteiger partial charge in [0.15, 0.2) is 0 Å². The van der Waals surface area contributed by atoms with Crippen molar-refractivity contribution in [2.24, 2.45) is 5.92 Å². The second-order valence-electron chi connectivity index (χ2n) is 6.57. The zero-order chi connectivity index (χ0) is 16.1. The van der Waals surface area contributed by atoms with Crippen LogP contribution in [0.3, 0.4) is 0 Å². The summed E-state index contributed by atoms with van der Waals surface area (Å²) in [7, 11) is 0. The molecule has 2 fully saturated rings. The second-order valence-corrected chi connectivity index (χ2v) is 6.57. The molecule has 1 N–H and O–H groups in total. The van der Waals surface area contributed by atoms with E-state index in [0.717, 1.165) is 31.4 Å². The van der Waals surface area contributed by atoms with E-state index in [0.29, 0.717) is 32.6 Å². The molecular weight excluding hydrogens is 292 g/mol. The van der Waals surface area contributed by atoms with E-state index in [1.165, 1.54) is 0 Å². The van der Waals surface area contributed by atoms with Crippen LogP contribution in [0.1, 0.15) is 37.8 Å². The molecule has 1 saturated carbocycles. The lowest BCUT2D eigenvalue weighted by Crippen LogP contribution is -2.55. The highest BCUT2D eigenvalue weighted by Gasteiger charge is 2.37. The van der Waals surface area contributed by atoms with Gasteiger partial charge in [-0.15, -0.1) is 0 Å². The summed E-state index contributed by atoms with van der Waals surface area (Å²) in [5, 5.41) is 10.3. The van der Waals surface area contributed by atoms with Crippen LogP contribution >= 0.6 is 0 Å². The molecule has 0 radical (unpaired) electrons. The van der Waals surface area contributed by atoms with Crippen molar-refractivity contribution in [2.75, 3.05) is 19.8 Å². The van der Waals surface area contributed by atoms with Crippen LogP contribution in [-0.4, -0.2) is 52.8 Å². The van der Waals surface area contributed by atoms with Gasteiger partial charge in [-0.25, -0.2) is 0 Å². The Balaban J connectivity index is 1.62. The zero-order valence-corrected chi connectivity index (χ0v) is 13.6. The Bertz CT molecular complexity index is 508. The van der Waals surface area contributed by atoms with Gasteiger partial charge in [0.2, 0.25) is 5.91 Å². The van der Waals surface area contributed by atoms with Crippen LogP contribution in [0.15, 0.2) is 24.4 Å². The molecule has 1 aliphatic carbocycles. The van der Waals surface area contributed by atoms with Gasteiger partial charge in [0.05, 0.1) is 25.4 Å². The van der Waals surface area contributed by atoms with Gasteiger partial charge in [0.25, 0.3) is 0 Å². The molecule has 1 amide bonds. The molecule has 1 aromatic rings. The fourth-order valence-corrected chi connectivity index (χ4v) is 3.80. The Hall–Kier alpha value is -1.46. The Labute approximate surface area is 137 Å². The summed E-state index contributed by atoms with van der Waals surface area (Å²) >= 11 is 0. The van der Waals surface area contributed by atoms with Crippen LogP contribution in [0.5, 0.6) is 0 Å². The maximum atomic E-state index is 12.7. The SMILES string of the molecule is O=C(CCc1ccccn1)N1CCOC[C@@H]1[C@@H]1CCCC[C@H]1O. The maximum Gasteiger partial charge on any atom is 0.223 e. The quantitative estimate of drug-likeness (QED) is 0.919. The van der Waals surface area contributed by atoms with Crippen LogP contribution in [0.2, 0.25) is 0 Å². The largest absolute Gasteiger partial charge is 0.393 e. The van der Waals surface area contributed by atoms with Crippen LogP contribution in [0.25, 0.3) is 0 Å². The molecule has 0 spiro atoms. The molecule has 0 aromatic carbocycles. The minimum atomic E-state index is -0.304. The first-order chi connectivity index (χ1) is 11.3. The Morgan fingerprint density at radius 2 is 2.22 bits per heavy atom. The summed E-state index contributed by atoms with van der Waals surface area (Å²) in [6.07, 6.45) is 6.63. The number of carbonyl (C=O) groups is 1. The molecule has 5 heteroatoms. The summed E-state index contributed by atoms with van der Waals surface area (Å²) < 4.78 is 5.61. The van der Waals surface area contributed by atoms with E-state index >= 15 is 0 Å².